The maximum absolute atomic E-state index is 13.8. The summed E-state index contributed by atoms with van der Waals surface area (Å²) in [5, 5.41) is 3.59. The van der Waals surface area contributed by atoms with Crippen molar-refractivity contribution >= 4 is 41.5 Å². The van der Waals surface area contributed by atoms with Crippen LogP contribution in [0, 0.1) is 5.82 Å². The molecule has 2 heterocycles. The second-order valence-electron chi connectivity index (χ2n) is 11.0. The minimum Gasteiger partial charge on any atom is -0.461 e. The molecular formula is C32H42FN3O3S2. The number of piperidine rings is 1. The highest BCUT2D eigenvalue weighted by molar-refractivity contribution is 7.99. The van der Waals surface area contributed by atoms with E-state index in [-0.39, 0.29) is 23.8 Å². The molecule has 2 aromatic carbocycles. The number of benzene rings is 2. The molecule has 41 heavy (non-hydrogen) atoms. The second kappa shape index (κ2) is 15.2. The predicted octanol–water partition coefficient (Wildman–Crippen LogP) is 5.43. The van der Waals surface area contributed by atoms with Crippen molar-refractivity contribution in [2.45, 2.75) is 49.1 Å². The number of rotatable bonds is 11. The summed E-state index contributed by atoms with van der Waals surface area (Å²) in [7, 11) is 4.21. The molecular weight excluding hydrogens is 558 g/mol. The van der Waals surface area contributed by atoms with Crippen LogP contribution in [0.4, 0.5) is 4.39 Å². The van der Waals surface area contributed by atoms with Gasteiger partial charge in [0.15, 0.2) is 0 Å². The van der Waals surface area contributed by atoms with E-state index in [0.29, 0.717) is 28.8 Å². The van der Waals surface area contributed by atoms with Crippen LogP contribution in [0.15, 0.2) is 48.5 Å². The fourth-order valence-electron chi connectivity index (χ4n) is 5.40. The van der Waals surface area contributed by atoms with E-state index < -0.39 is 6.04 Å². The Morgan fingerprint density at radius 2 is 1.85 bits per heavy atom. The maximum Gasteiger partial charge on any atom is 0.328 e. The molecule has 1 N–H and O–H groups in total. The molecule has 3 atom stereocenters. The minimum absolute atomic E-state index is 0.127. The molecule has 2 fully saturated rings. The second-order valence-corrected chi connectivity index (χ2v) is 13.1. The van der Waals surface area contributed by atoms with E-state index >= 15 is 0 Å². The number of amides is 1. The van der Waals surface area contributed by atoms with Crippen LogP contribution in [0.2, 0.25) is 0 Å². The SMILES string of the molecule is CSCC[C@H](NC(=O)c1ccc(/C=C/[C@@H]2C[C@H](SC)CN2C)cc1-c1ccc(F)cc1)C(=O)OC1CCN(C)CC1. The van der Waals surface area contributed by atoms with Gasteiger partial charge in [-0.15, -0.1) is 0 Å². The highest BCUT2D eigenvalue weighted by Gasteiger charge is 2.29. The van der Waals surface area contributed by atoms with Crippen LogP contribution >= 0.6 is 23.5 Å². The molecule has 0 radical (unpaired) electrons. The number of ether oxygens (including phenoxy) is 1. The van der Waals surface area contributed by atoms with Gasteiger partial charge < -0.3 is 15.0 Å². The lowest BCUT2D eigenvalue weighted by Crippen LogP contribution is -2.45. The fourth-order valence-corrected chi connectivity index (χ4v) is 6.65. The third-order valence-electron chi connectivity index (χ3n) is 8.00. The van der Waals surface area contributed by atoms with Gasteiger partial charge >= 0.3 is 5.97 Å². The number of hydrogen-bond acceptors (Lipinski definition) is 7. The van der Waals surface area contributed by atoms with Crippen LogP contribution < -0.4 is 5.32 Å². The van der Waals surface area contributed by atoms with Gasteiger partial charge in [-0.1, -0.05) is 30.4 Å². The van der Waals surface area contributed by atoms with Crippen molar-refractivity contribution in [2.75, 3.05) is 52.0 Å². The maximum atomic E-state index is 13.8. The lowest BCUT2D eigenvalue weighted by Gasteiger charge is -2.30. The van der Waals surface area contributed by atoms with Gasteiger partial charge in [-0.3, -0.25) is 9.69 Å². The van der Waals surface area contributed by atoms with Gasteiger partial charge in [-0.25, -0.2) is 9.18 Å². The highest BCUT2D eigenvalue weighted by Crippen LogP contribution is 2.29. The molecule has 2 saturated heterocycles. The Kier molecular flexibility index (Phi) is 11.7. The zero-order valence-corrected chi connectivity index (χ0v) is 26.1. The van der Waals surface area contributed by atoms with Gasteiger partial charge in [0.05, 0.1) is 0 Å². The van der Waals surface area contributed by atoms with E-state index in [1.807, 2.05) is 30.2 Å². The third kappa shape index (κ3) is 8.83. The number of esters is 1. The number of halogens is 1. The van der Waals surface area contributed by atoms with E-state index in [0.717, 1.165) is 55.8 Å². The summed E-state index contributed by atoms with van der Waals surface area (Å²) in [4.78, 5) is 31.4. The summed E-state index contributed by atoms with van der Waals surface area (Å²) < 4.78 is 19.6. The number of thioether (sulfide) groups is 2. The number of carbonyl (C=O) groups is 2. The summed E-state index contributed by atoms with van der Waals surface area (Å²) in [5.41, 5.74) is 2.83. The molecule has 0 aliphatic carbocycles. The lowest BCUT2D eigenvalue weighted by molar-refractivity contribution is -0.153. The van der Waals surface area contributed by atoms with Gasteiger partial charge in [0.1, 0.15) is 18.0 Å². The molecule has 0 unspecified atom stereocenters. The Balaban J connectivity index is 1.55. The van der Waals surface area contributed by atoms with Crippen molar-refractivity contribution < 1.29 is 18.7 Å². The largest absolute Gasteiger partial charge is 0.461 e. The number of nitrogens with zero attached hydrogens (tertiary/aromatic N) is 2. The number of hydrogen-bond donors (Lipinski definition) is 1. The average molecular weight is 600 g/mol. The summed E-state index contributed by atoms with van der Waals surface area (Å²) in [6, 6.07) is 11.5. The average Bonchev–Trinajstić information content (AvgIpc) is 3.34. The molecule has 6 nitrogen and oxygen atoms in total. The first-order valence-corrected chi connectivity index (χ1v) is 17.0. The molecule has 1 amide bonds. The summed E-state index contributed by atoms with van der Waals surface area (Å²) in [6.45, 7) is 2.83. The molecule has 0 aromatic heterocycles. The molecule has 0 bridgehead atoms. The fraction of sp³-hybridized carbons (Fsp3) is 0.500. The van der Waals surface area contributed by atoms with Crippen LogP contribution in [0.1, 0.15) is 41.6 Å². The Morgan fingerprint density at radius 1 is 1.12 bits per heavy atom. The minimum atomic E-state index is -0.738. The van der Waals surface area contributed by atoms with Gasteiger partial charge in [0.2, 0.25) is 0 Å². The summed E-state index contributed by atoms with van der Waals surface area (Å²) >= 11 is 3.53. The summed E-state index contributed by atoms with van der Waals surface area (Å²) in [6.07, 6.45) is 11.5. The van der Waals surface area contributed by atoms with Crippen LogP contribution in [-0.2, 0) is 9.53 Å². The number of likely N-dealkylation sites (N-methyl/N-ethyl adjacent to an activating group) is 1. The molecule has 2 aliphatic heterocycles. The number of nitrogens with one attached hydrogen (secondary N) is 1. The number of likely N-dealkylation sites (tertiary alicyclic amines) is 2. The van der Waals surface area contributed by atoms with Gasteiger partial charge in [0, 0.05) is 36.5 Å². The van der Waals surface area contributed by atoms with Crippen molar-refractivity contribution in [2.24, 2.45) is 0 Å². The van der Waals surface area contributed by atoms with Crippen molar-refractivity contribution in [3.8, 4) is 11.1 Å². The Hall–Kier alpha value is -2.33. The number of carbonyl (C=O) groups excluding carboxylic acids is 2. The van der Waals surface area contributed by atoms with Gasteiger partial charge in [0.25, 0.3) is 5.91 Å². The van der Waals surface area contributed by atoms with Crippen molar-refractivity contribution in [1.29, 1.82) is 0 Å². The summed E-state index contributed by atoms with van der Waals surface area (Å²) in [5.74, 6) is -0.342. The molecule has 9 heteroatoms. The molecule has 2 aliphatic rings. The van der Waals surface area contributed by atoms with E-state index in [1.54, 1.807) is 30.0 Å². The van der Waals surface area contributed by atoms with Gasteiger partial charge in [-0.05, 0) is 99.0 Å². The monoisotopic (exact) mass is 599 g/mol. The topological polar surface area (TPSA) is 61.9 Å². The van der Waals surface area contributed by atoms with Crippen LogP contribution in [0.25, 0.3) is 17.2 Å². The predicted molar refractivity (Wildman–Crippen MR) is 170 cm³/mol. The zero-order valence-electron chi connectivity index (χ0n) is 24.5. The Bertz CT molecular complexity index is 1200. The molecule has 2 aromatic rings. The quantitative estimate of drug-likeness (QED) is 0.346. The van der Waals surface area contributed by atoms with Crippen molar-refractivity contribution in [3.63, 3.8) is 0 Å². The Labute approximate surface area is 252 Å². The third-order valence-corrected chi connectivity index (χ3v) is 9.65. The van der Waals surface area contributed by atoms with Gasteiger partial charge in [-0.2, -0.15) is 23.5 Å². The first kappa shape index (κ1) is 31.6. The Morgan fingerprint density at radius 3 is 2.51 bits per heavy atom. The zero-order chi connectivity index (χ0) is 29.4. The van der Waals surface area contributed by atoms with E-state index in [9.17, 15) is 14.0 Å². The van der Waals surface area contributed by atoms with E-state index in [2.05, 4.69) is 47.6 Å². The lowest BCUT2D eigenvalue weighted by atomic mass is 9.96. The highest BCUT2D eigenvalue weighted by atomic mass is 32.2. The van der Waals surface area contributed by atoms with Crippen LogP contribution in [-0.4, -0.2) is 97.1 Å². The molecule has 4 rings (SSSR count). The van der Waals surface area contributed by atoms with Crippen LogP contribution in [0.5, 0.6) is 0 Å². The van der Waals surface area contributed by atoms with Crippen LogP contribution in [0.3, 0.4) is 0 Å². The van der Waals surface area contributed by atoms with Crippen molar-refractivity contribution in [1.82, 2.24) is 15.1 Å². The van der Waals surface area contributed by atoms with Crippen molar-refractivity contribution in [3.05, 3.63) is 65.5 Å². The van der Waals surface area contributed by atoms with E-state index in [4.69, 9.17) is 4.74 Å². The first-order valence-electron chi connectivity index (χ1n) is 14.3. The first-order chi connectivity index (χ1) is 19.8. The molecule has 222 valence electrons. The smallest absolute Gasteiger partial charge is 0.328 e. The standard InChI is InChI=1S/C32H42FN3O3S2/c1-35-16-13-26(14-17-35)39-32(38)30(15-18-40-3)34-31(37)28-12-6-22(5-11-25-20-27(41-4)21-36(25)2)19-29(28)23-7-9-24(33)10-8-23/h5-12,19,25-27,30H,13-18,20-21H2,1-4H3,(H,34,37)/b11-5+/t25-,27+,30+/m1/s1. The molecule has 0 saturated carbocycles. The molecule has 0 spiro atoms. The normalized spacial score (nSPS) is 21.3. The van der Waals surface area contributed by atoms with E-state index in [1.165, 1.54) is 12.1 Å².